The Labute approximate surface area is 171 Å². The van der Waals surface area contributed by atoms with E-state index in [1.807, 2.05) is 19.1 Å². The quantitative estimate of drug-likeness (QED) is 0.809. The SMILES string of the molecule is COc1ccc([C@H]2[C@H]3CNC[C@H]3CN2C(=O)Cc2nc[nH]c2C)cc1.Cl.Cl. The molecule has 0 radical (unpaired) electrons. The van der Waals surface area contributed by atoms with Gasteiger partial charge in [0.15, 0.2) is 0 Å². The number of hydrogen-bond donors (Lipinski definition) is 2. The fourth-order valence-electron chi connectivity index (χ4n) is 4.22. The van der Waals surface area contributed by atoms with Crippen molar-refractivity contribution in [3.63, 3.8) is 0 Å². The first-order chi connectivity index (χ1) is 12.2. The molecule has 6 nitrogen and oxygen atoms in total. The van der Waals surface area contributed by atoms with Gasteiger partial charge in [-0.3, -0.25) is 4.79 Å². The van der Waals surface area contributed by atoms with Crippen LogP contribution in [0, 0.1) is 18.8 Å². The predicted octanol–water partition coefficient (Wildman–Crippen LogP) is 2.53. The van der Waals surface area contributed by atoms with Crippen LogP contribution in [-0.2, 0) is 11.2 Å². The Morgan fingerprint density at radius 3 is 2.63 bits per heavy atom. The van der Waals surface area contributed by atoms with Crippen LogP contribution in [0.5, 0.6) is 5.75 Å². The van der Waals surface area contributed by atoms with E-state index >= 15 is 0 Å². The van der Waals surface area contributed by atoms with Crippen LogP contribution in [0.25, 0.3) is 0 Å². The lowest BCUT2D eigenvalue weighted by atomic mass is 9.89. The van der Waals surface area contributed by atoms with Gasteiger partial charge in [-0.05, 0) is 30.5 Å². The van der Waals surface area contributed by atoms with Gasteiger partial charge in [-0.25, -0.2) is 4.98 Å². The third-order valence-electron chi connectivity index (χ3n) is 5.60. The number of fused-ring (bicyclic) bond motifs is 1. The lowest BCUT2D eigenvalue weighted by Crippen LogP contribution is -2.35. The number of carbonyl (C=O) groups is 1. The number of methoxy groups -OCH3 is 1. The van der Waals surface area contributed by atoms with Crippen molar-refractivity contribution >= 4 is 30.7 Å². The highest BCUT2D eigenvalue weighted by molar-refractivity contribution is 5.85. The van der Waals surface area contributed by atoms with Crippen LogP contribution >= 0.6 is 24.8 Å². The van der Waals surface area contributed by atoms with Crippen LogP contribution in [0.1, 0.15) is 23.0 Å². The van der Waals surface area contributed by atoms with E-state index in [-0.39, 0.29) is 36.8 Å². The second-order valence-electron chi connectivity index (χ2n) is 7.00. The number of aryl methyl sites for hydroxylation is 1. The number of nitrogens with one attached hydrogen (secondary N) is 2. The van der Waals surface area contributed by atoms with Crippen molar-refractivity contribution in [1.29, 1.82) is 0 Å². The number of halogens is 2. The summed E-state index contributed by atoms with van der Waals surface area (Å²) in [6.45, 7) is 4.73. The van der Waals surface area contributed by atoms with Crippen molar-refractivity contribution in [2.24, 2.45) is 11.8 Å². The van der Waals surface area contributed by atoms with E-state index in [1.54, 1.807) is 13.4 Å². The second-order valence-corrected chi connectivity index (χ2v) is 7.00. The molecule has 27 heavy (non-hydrogen) atoms. The number of rotatable bonds is 4. The van der Waals surface area contributed by atoms with Gasteiger partial charge in [0.2, 0.25) is 5.91 Å². The highest BCUT2D eigenvalue weighted by Gasteiger charge is 2.46. The van der Waals surface area contributed by atoms with E-state index in [9.17, 15) is 4.79 Å². The number of carbonyl (C=O) groups excluding carboxylic acids is 1. The summed E-state index contributed by atoms with van der Waals surface area (Å²) in [7, 11) is 1.67. The number of aromatic nitrogens is 2. The topological polar surface area (TPSA) is 70.2 Å². The maximum absolute atomic E-state index is 13.0. The fourth-order valence-corrected chi connectivity index (χ4v) is 4.22. The fraction of sp³-hybridized carbons (Fsp3) is 0.474. The molecule has 2 fully saturated rings. The van der Waals surface area contributed by atoms with E-state index in [2.05, 4.69) is 32.3 Å². The third-order valence-corrected chi connectivity index (χ3v) is 5.60. The van der Waals surface area contributed by atoms with Crippen molar-refractivity contribution in [3.05, 3.63) is 47.5 Å². The Morgan fingerprint density at radius 1 is 1.26 bits per heavy atom. The summed E-state index contributed by atoms with van der Waals surface area (Å²) in [5.41, 5.74) is 2.99. The monoisotopic (exact) mass is 412 g/mol. The Kier molecular flexibility index (Phi) is 7.14. The molecular weight excluding hydrogens is 387 g/mol. The maximum atomic E-state index is 13.0. The first kappa shape index (κ1) is 21.5. The van der Waals surface area contributed by atoms with Crippen LogP contribution in [0.4, 0.5) is 0 Å². The zero-order valence-electron chi connectivity index (χ0n) is 15.5. The summed E-state index contributed by atoms with van der Waals surface area (Å²) >= 11 is 0. The van der Waals surface area contributed by atoms with Gasteiger partial charge in [-0.15, -0.1) is 24.8 Å². The minimum atomic E-state index is 0. The summed E-state index contributed by atoms with van der Waals surface area (Å²) in [6, 6.07) is 8.25. The Hall–Kier alpha value is -1.76. The first-order valence-electron chi connectivity index (χ1n) is 8.80. The second kappa shape index (κ2) is 8.95. The minimum Gasteiger partial charge on any atom is -0.497 e. The molecular formula is C19H26Cl2N4O2. The van der Waals surface area contributed by atoms with E-state index in [1.165, 1.54) is 5.56 Å². The van der Waals surface area contributed by atoms with Crippen LogP contribution in [0.15, 0.2) is 30.6 Å². The zero-order chi connectivity index (χ0) is 17.4. The molecule has 1 aromatic heterocycles. The maximum Gasteiger partial charge on any atom is 0.229 e. The third kappa shape index (κ3) is 4.08. The number of ether oxygens (including phenoxy) is 1. The highest BCUT2D eigenvalue weighted by Crippen LogP contribution is 2.43. The largest absolute Gasteiger partial charge is 0.497 e. The van der Waals surface area contributed by atoms with Gasteiger partial charge >= 0.3 is 0 Å². The van der Waals surface area contributed by atoms with Gasteiger partial charge in [0, 0.05) is 31.2 Å². The van der Waals surface area contributed by atoms with E-state index in [0.29, 0.717) is 18.3 Å². The molecule has 1 aromatic carbocycles. The molecule has 1 amide bonds. The number of aromatic amines is 1. The first-order valence-corrected chi connectivity index (χ1v) is 8.80. The molecule has 2 aliphatic rings. The summed E-state index contributed by atoms with van der Waals surface area (Å²) in [6.07, 6.45) is 2.01. The molecule has 0 aliphatic carbocycles. The molecule has 3 atom stereocenters. The van der Waals surface area contributed by atoms with Crippen LogP contribution in [0.3, 0.4) is 0 Å². The molecule has 148 valence electrons. The summed E-state index contributed by atoms with van der Waals surface area (Å²) in [5.74, 6) is 1.99. The average Bonchev–Trinajstić information content (AvgIpc) is 3.31. The summed E-state index contributed by atoms with van der Waals surface area (Å²) in [5, 5.41) is 3.48. The van der Waals surface area contributed by atoms with Gasteiger partial charge in [0.25, 0.3) is 0 Å². The van der Waals surface area contributed by atoms with Crippen molar-refractivity contribution in [2.45, 2.75) is 19.4 Å². The van der Waals surface area contributed by atoms with Gasteiger partial charge in [-0.2, -0.15) is 0 Å². The Balaban J connectivity index is 0.00000131. The zero-order valence-corrected chi connectivity index (χ0v) is 17.1. The van der Waals surface area contributed by atoms with Gasteiger partial charge in [0.1, 0.15) is 5.75 Å². The van der Waals surface area contributed by atoms with Crippen LogP contribution in [-0.4, -0.2) is 47.5 Å². The number of imidazole rings is 1. The summed E-state index contributed by atoms with van der Waals surface area (Å²) < 4.78 is 5.27. The van der Waals surface area contributed by atoms with E-state index in [4.69, 9.17) is 4.74 Å². The molecule has 4 rings (SSSR count). The van der Waals surface area contributed by atoms with Gasteiger partial charge in [-0.1, -0.05) is 12.1 Å². The Bertz CT molecular complexity index is 765. The highest BCUT2D eigenvalue weighted by atomic mass is 35.5. The smallest absolute Gasteiger partial charge is 0.229 e. The van der Waals surface area contributed by atoms with E-state index < -0.39 is 0 Å². The van der Waals surface area contributed by atoms with Crippen molar-refractivity contribution in [2.75, 3.05) is 26.7 Å². The Morgan fingerprint density at radius 2 is 2.00 bits per heavy atom. The van der Waals surface area contributed by atoms with Crippen LogP contribution in [0.2, 0.25) is 0 Å². The molecule has 0 spiro atoms. The molecule has 0 unspecified atom stereocenters. The summed E-state index contributed by atoms with van der Waals surface area (Å²) in [4.78, 5) is 22.4. The van der Waals surface area contributed by atoms with Crippen molar-refractivity contribution in [3.8, 4) is 5.75 Å². The lowest BCUT2D eigenvalue weighted by Gasteiger charge is -2.28. The molecule has 3 heterocycles. The van der Waals surface area contributed by atoms with Gasteiger partial charge in [0.05, 0.1) is 31.6 Å². The number of hydrogen-bond acceptors (Lipinski definition) is 4. The molecule has 2 saturated heterocycles. The van der Waals surface area contributed by atoms with Crippen molar-refractivity contribution < 1.29 is 9.53 Å². The van der Waals surface area contributed by atoms with Crippen molar-refractivity contribution in [1.82, 2.24) is 20.2 Å². The normalized spacial score (nSPS) is 23.3. The lowest BCUT2D eigenvalue weighted by molar-refractivity contribution is -0.132. The molecule has 8 heteroatoms. The number of nitrogens with zero attached hydrogens (tertiary/aromatic N) is 2. The number of benzene rings is 1. The molecule has 2 aromatic rings. The number of H-pyrrole nitrogens is 1. The number of likely N-dealkylation sites (tertiary alicyclic amines) is 1. The van der Waals surface area contributed by atoms with E-state index in [0.717, 1.165) is 36.8 Å². The minimum absolute atomic E-state index is 0. The standard InChI is InChI=1S/C19H24N4O2.2ClH/c1-12-17(22-11-21-12)7-18(24)23-10-14-8-20-9-16(14)19(23)13-3-5-15(25-2)6-4-13;;/h3-6,11,14,16,19-20H,7-10H2,1-2H3,(H,21,22);2*1H/t14-,16-,19-;;/m0../s1. The molecule has 0 saturated carbocycles. The number of amides is 1. The molecule has 2 aliphatic heterocycles. The van der Waals surface area contributed by atoms with Crippen LogP contribution < -0.4 is 10.1 Å². The predicted molar refractivity (Wildman–Crippen MR) is 109 cm³/mol. The molecule has 0 bridgehead atoms. The average molecular weight is 413 g/mol. The van der Waals surface area contributed by atoms with Gasteiger partial charge < -0.3 is 19.9 Å². The molecule has 2 N–H and O–H groups in total.